The third kappa shape index (κ3) is 1.58. The first-order valence-electron chi connectivity index (χ1n) is 3.09. The maximum absolute atomic E-state index is 10.4. The zero-order chi connectivity index (χ0) is 8.27. The highest BCUT2D eigenvalue weighted by atomic mass is 32.1. The number of hydrogen-bond donors (Lipinski definition) is 1. The van der Waals surface area contributed by atoms with Gasteiger partial charge in [-0.15, -0.1) is 11.3 Å². The molecule has 0 atom stereocenters. The molecule has 2 N–H and O–H groups in total. The molecule has 1 rings (SSSR count). The van der Waals surface area contributed by atoms with Crippen LogP contribution in [0.2, 0.25) is 0 Å². The van der Waals surface area contributed by atoms with Gasteiger partial charge in [0.2, 0.25) is 0 Å². The smallest absolute Gasteiger partial charge is 0.151 e. The third-order valence-electron chi connectivity index (χ3n) is 1.37. The molecule has 0 aliphatic rings. The molecule has 0 unspecified atom stereocenters. The van der Waals surface area contributed by atoms with E-state index < -0.39 is 0 Å². The average Bonchev–Trinajstić information content (AvgIpc) is 2.34. The minimum Gasteiger partial charge on any atom is -0.390 e. The molecule has 0 fully saturated rings. The Labute approximate surface area is 68.8 Å². The van der Waals surface area contributed by atoms with Crippen LogP contribution in [0.4, 0.5) is 5.00 Å². The van der Waals surface area contributed by atoms with E-state index in [2.05, 4.69) is 0 Å². The Kier molecular flexibility index (Phi) is 2.62. The van der Waals surface area contributed by atoms with E-state index in [0.29, 0.717) is 17.2 Å². The fraction of sp³-hybridized carbons (Fsp3) is 0.286. The second-order valence-electron chi connectivity index (χ2n) is 2.08. The summed E-state index contributed by atoms with van der Waals surface area (Å²) in [6.07, 6.45) is 0.793. The SMILES string of the molecule is COCc1c(C=O)csc1N. The lowest BCUT2D eigenvalue weighted by atomic mass is 10.2. The van der Waals surface area contributed by atoms with Crippen molar-refractivity contribution in [2.24, 2.45) is 0 Å². The van der Waals surface area contributed by atoms with E-state index in [4.69, 9.17) is 10.5 Å². The summed E-state index contributed by atoms with van der Waals surface area (Å²) in [5.74, 6) is 0. The number of hydrogen-bond acceptors (Lipinski definition) is 4. The van der Waals surface area contributed by atoms with E-state index in [1.807, 2.05) is 0 Å². The fourth-order valence-electron chi connectivity index (χ4n) is 0.809. The van der Waals surface area contributed by atoms with E-state index in [1.165, 1.54) is 11.3 Å². The largest absolute Gasteiger partial charge is 0.390 e. The average molecular weight is 171 g/mol. The monoisotopic (exact) mass is 171 g/mol. The summed E-state index contributed by atoms with van der Waals surface area (Å²) in [7, 11) is 1.58. The molecule has 11 heavy (non-hydrogen) atoms. The van der Waals surface area contributed by atoms with Gasteiger partial charge < -0.3 is 10.5 Å². The molecule has 0 aromatic carbocycles. The van der Waals surface area contributed by atoms with Gasteiger partial charge in [0.05, 0.1) is 11.6 Å². The molecular formula is C7H9NO2S. The molecule has 0 aliphatic carbocycles. The molecule has 0 bridgehead atoms. The van der Waals surface area contributed by atoms with Crippen molar-refractivity contribution in [3.05, 3.63) is 16.5 Å². The van der Waals surface area contributed by atoms with E-state index in [9.17, 15) is 4.79 Å². The molecule has 3 nitrogen and oxygen atoms in total. The Bertz CT molecular complexity index is 257. The summed E-state index contributed by atoms with van der Waals surface area (Å²) in [5.41, 5.74) is 7.01. The van der Waals surface area contributed by atoms with E-state index >= 15 is 0 Å². The van der Waals surface area contributed by atoms with Crippen molar-refractivity contribution >= 4 is 22.6 Å². The Morgan fingerprint density at radius 1 is 1.82 bits per heavy atom. The van der Waals surface area contributed by atoms with E-state index in [0.717, 1.165) is 11.8 Å². The molecule has 1 heterocycles. The highest BCUT2D eigenvalue weighted by molar-refractivity contribution is 7.14. The van der Waals surface area contributed by atoms with Crippen molar-refractivity contribution in [3.63, 3.8) is 0 Å². The number of carbonyl (C=O) groups is 1. The second-order valence-corrected chi connectivity index (χ2v) is 3.00. The summed E-state index contributed by atoms with van der Waals surface area (Å²) in [6, 6.07) is 0. The quantitative estimate of drug-likeness (QED) is 0.697. The van der Waals surface area contributed by atoms with Gasteiger partial charge in [0.15, 0.2) is 6.29 Å². The summed E-state index contributed by atoms with van der Waals surface area (Å²) in [6.45, 7) is 0.406. The topological polar surface area (TPSA) is 52.3 Å². The lowest BCUT2D eigenvalue weighted by Gasteiger charge is -1.97. The van der Waals surface area contributed by atoms with Gasteiger partial charge in [-0.2, -0.15) is 0 Å². The van der Waals surface area contributed by atoms with Crippen LogP contribution in [-0.2, 0) is 11.3 Å². The van der Waals surface area contributed by atoms with Gasteiger partial charge in [0.1, 0.15) is 0 Å². The second kappa shape index (κ2) is 3.50. The van der Waals surface area contributed by atoms with Gasteiger partial charge in [0, 0.05) is 23.6 Å². The number of nitrogen functional groups attached to an aromatic ring is 1. The molecule has 0 amide bonds. The summed E-state index contributed by atoms with van der Waals surface area (Å²) in [4.78, 5) is 10.4. The Hall–Kier alpha value is -0.870. The van der Waals surface area contributed by atoms with Crippen molar-refractivity contribution in [1.82, 2.24) is 0 Å². The maximum Gasteiger partial charge on any atom is 0.151 e. The standard InChI is InChI=1S/C7H9NO2S/c1-10-3-6-5(2-9)4-11-7(6)8/h2,4H,3,8H2,1H3. The van der Waals surface area contributed by atoms with Crippen molar-refractivity contribution in [3.8, 4) is 0 Å². The number of nitrogens with two attached hydrogens (primary N) is 1. The van der Waals surface area contributed by atoms with Crippen LogP contribution in [0.25, 0.3) is 0 Å². The first-order chi connectivity index (χ1) is 5.29. The van der Waals surface area contributed by atoms with Crippen molar-refractivity contribution in [1.29, 1.82) is 0 Å². The molecule has 0 aliphatic heterocycles. The van der Waals surface area contributed by atoms with Crippen LogP contribution in [0.5, 0.6) is 0 Å². The first-order valence-corrected chi connectivity index (χ1v) is 3.97. The predicted octanol–water partition coefficient (Wildman–Crippen LogP) is 1.29. The number of anilines is 1. The molecule has 60 valence electrons. The summed E-state index contributed by atoms with van der Waals surface area (Å²) < 4.78 is 4.88. The van der Waals surface area contributed by atoms with Gasteiger partial charge in [-0.25, -0.2) is 0 Å². The molecular weight excluding hydrogens is 162 g/mol. The van der Waals surface area contributed by atoms with Gasteiger partial charge in [-0.3, -0.25) is 4.79 Å². The maximum atomic E-state index is 10.4. The van der Waals surface area contributed by atoms with Gasteiger partial charge in [-0.05, 0) is 0 Å². The fourth-order valence-corrected chi connectivity index (χ4v) is 1.58. The number of methoxy groups -OCH3 is 1. The van der Waals surface area contributed by atoms with Crippen LogP contribution < -0.4 is 5.73 Å². The van der Waals surface area contributed by atoms with Crippen LogP contribution in [-0.4, -0.2) is 13.4 Å². The van der Waals surface area contributed by atoms with Crippen LogP contribution in [0, 0.1) is 0 Å². The van der Waals surface area contributed by atoms with E-state index in [1.54, 1.807) is 12.5 Å². The van der Waals surface area contributed by atoms with Crippen LogP contribution in [0.3, 0.4) is 0 Å². The molecule has 4 heteroatoms. The zero-order valence-electron chi connectivity index (χ0n) is 6.16. The van der Waals surface area contributed by atoms with Gasteiger partial charge in [0.25, 0.3) is 0 Å². The Morgan fingerprint density at radius 3 is 3.09 bits per heavy atom. The van der Waals surface area contributed by atoms with Crippen LogP contribution in [0.15, 0.2) is 5.38 Å². The van der Waals surface area contributed by atoms with Crippen molar-refractivity contribution < 1.29 is 9.53 Å². The Balaban J connectivity index is 2.97. The third-order valence-corrected chi connectivity index (χ3v) is 2.25. The number of thiophene rings is 1. The lowest BCUT2D eigenvalue weighted by molar-refractivity contribution is 0.111. The minimum absolute atomic E-state index is 0.406. The number of carbonyl (C=O) groups excluding carboxylic acids is 1. The molecule has 1 aromatic heterocycles. The van der Waals surface area contributed by atoms with Crippen molar-refractivity contribution in [2.75, 3.05) is 12.8 Å². The molecule has 0 radical (unpaired) electrons. The lowest BCUT2D eigenvalue weighted by Crippen LogP contribution is -1.94. The highest BCUT2D eigenvalue weighted by Crippen LogP contribution is 2.24. The minimum atomic E-state index is 0.406. The van der Waals surface area contributed by atoms with Crippen molar-refractivity contribution in [2.45, 2.75) is 6.61 Å². The molecule has 0 saturated heterocycles. The first kappa shape index (κ1) is 8.23. The number of rotatable bonds is 3. The summed E-state index contributed by atoms with van der Waals surface area (Å²) >= 11 is 1.36. The number of aldehydes is 1. The normalized spacial score (nSPS) is 9.91. The van der Waals surface area contributed by atoms with Crippen LogP contribution in [0.1, 0.15) is 15.9 Å². The highest BCUT2D eigenvalue weighted by Gasteiger charge is 2.07. The van der Waals surface area contributed by atoms with Gasteiger partial charge in [-0.1, -0.05) is 0 Å². The molecule has 0 saturated carbocycles. The van der Waals surface area contributed by atoms with E-state index in [-0.39, 0.29) is 0 Å². The van der Waals surface area contributed by atoms with Crippen LogP contribution >= 0.6 is 11.3 Å². The molecule has 1 aromatic rings. The predicted molar refractivity (Wildman–Crippen MR) is 44.8 cm³/mol. The zero-order valence-corrected chi connectivity index (χ0v) is 6.98. The summed E-state index contributed by atoms with van der Waals surface area (Å²) in [5, 5.41) is 2.39. The molecule has 0 spiro atoms. The van der Waals surface area contributed by atoms with Gasteiger partial charge >= 0.3 is 0 Å². The Morgan fingerprint density at radius 2 is 2.55 bits per heavy atom. The number of ether oxygens (including phenoxy) is 1.